The van der Waals surface area contributed by atoms with Crippen molar-refractivity contribution in [1.29, 1.82) is 0 Å². The van der Waals surface area contributed by atoms with Gasteiger partial charge in [0.25, 0.3) is 0 Å². The number of benzene rings is 1. The maximum Gasteiger partial charge on any atom is 0.119 e. The summed E-state index contributed by atoms with van der Waals surface area (Å²) in [6.07, 6.45) is 1.24. The third-order valence-electron chi connectivity index (χ3n) is 4.70. The zero-order valence-electron chi connectivity index (χ0n) is 13.9. The first-order valence-corrected chi connectivity index (χ1v) is 8.27. The summed E-state index contributed by atoms with van der Waals surface area (Å²) in [6.45, 7) is 13.0. The molecular weight excluding hydrogens is 260 g/mol. The molecule has 3 unspecified atom stereocenters. The smallest absolute Gasteiger partial charge is 0.119 e. The van der Waals surface area contributed by atoms with Crippen molar-refractivity contribution in [3.63, 3.8) is 0 Å². The van der Waals surface area contributed by atoms with E-state index in [0.717, 1.165) is 37.9 Å². The van der Waals surface area contributed by atoms with Gasteiger partial charge in [0.1, 0.15) is 12.4 Å². The Morgan fingerprint density at radius 2 is 2.24 bits per heavy atom. The van der Waals surface area contributed by atoms with Gasteiger partial charge < -0.3 is 10.1 Å². The van der Waals surface area contributed by atoms with Gasteiger partial charge in [0.15, 0.2) is 0 Å². The van der Waals surface area contributed by atoms with Gasteiger partial charge in [-0.1, -0.05) is 32.4 Å². The molecule has 1 aromatic carbocycles. The maximum absolute atomic E-state index is 5.90. The molecule has 0 bridgehead atoms. The number of hydrogen-bond donors (Lipinski definition) is 1. The van der Waals surface area contributed by atoms with E-state index in [9.17, 15) is 0 Å². The van der Waals surface area contributed by atoms with Crippen LogP contribution in [-0.2, 0) is 0 Å². The molecule has 2 rings (SSSR count). The molecule has 3 heteroatoms. The molecule has 118 valence electrons. The summed E-state index contributed by atoms with van der Waals surface area (Å²) in [4.78, 5) is 2.56. The van der Waals surface area contributed by atoms with E-state index >= 15 is 0 Å². The predicted octanol–water partition coefficient (Wildman–Crippen LogP) is 3.08. The molecule has 21 heavy (non-hydrogen) atoms. The summed E-state index contributed by atoms with van der Waals surface area (Å²) >= 11 is 0. The van der Waals surface area contributed by atoms with E-state index in [0.29, 0.717) is 12.1 Å². The highest BCUT2D eigenvalue weighted by atomic mass is 16.5. The fourth-order valence-electron chi connectivity index (χ4n) is 2.91. The van der Waals surface area contributed by atoms with E-state index in [4.69, 9.17) is 4.74 Å². The Labute approximate surface area is 129 Å². The Balaban J connectivity index is 1.80. The Hall–Kier alpha value is -1.06. The van der Waals surface area contributed by atoms with Gasteiger partial charge in [0.2, 0.25) is 0 Å². The van der Waals surface area contributed by atoms with Crippen LogP contribution in [0.25, 0.3) is 0 Å². The van der Waals surface area contributed by atoms with Crippen LogP contribution in [0.5, 0.6) is 5.75 Å². The van der Waals surface area contributed by atoms with Gasteiger partial charge in [-0.3, -0.25) is 4.90 Å². The average molecular weight is 290 g/mol. The topological polar surface area (TPSA) is 24.5 Å². The number of hydrogen-bond acceptors (Lipinski definition) is 3. The van der Waals surface area contributed by atoms with Crippen molar-refractivity contribution >= 4 is 0 Å². The second-order valence-corrected chi connectivity index (χ2v) is 6.41. The molecule has 1 aromatic rings. The van der Waals surface area contributed by atoms with Gasteiger partial charge in [-0.25, -0.2) is 0 Å². The summed E-state index contributed by atoms with van der Waals surface area (Å²) in [6, 6.07) is 9.50. The molecule has 1 saturated heterocycles. The molecule has 0 radical (unpaired) electrons. The maximum atomic E-state index is 5.90. The Kier molecular flexibility index (Phi) is 6.07. The van der Waals surface area contributed by atoms with Crippen LogP contribution in [0.15, 0.2) is 24.3 Å². The van der Waals surface area contributed by atoms with Crippen molar-refractivity contribution in [3.8, 4) is 5.75 Å². The molecule has 1 N–H and O–H groups in total. The van der Waals surface area contributed by atoms with Crippen LogP contribution in [0.1, 0.15) is 32.8 Å². The molecule has 3 nitrogen and oxygen atoms in total. The van der Waals surface area contributed by atoms with E-state index in [1.54, 1.807) is 0 Å². The lowest BCUT2D eigenvalue weighted by Crippen LogP contribution is -2.58. The molecule has 1 aliphatic heterocycles. The first-order chi connectivity index (χ1) is 10.1. The standard InChI is InChI=1S/C18H30N2O/c1-5-15(3)18-13-20(16(4)12-19-18)9-10-21-17-8-6-7-14(2)11-17/h6-8,11,15-16,18-19H,5,9-10,12-13H2,1-4H3. The fraction of sp³-hybridized carbons (Fsp3) is 0.667. The normalized spacial score (nSPS) is 24.8. The molecule has 1 aliphatic rings. The summed E-state index contributed by atoms with van der Waals surface area (Å²) in [5.41, 5.74) is 1.25. The number of rotatable bonds is 6. The number of piperazine rings is 1. The Morgan fingerprint density at radius 1 is 1.43 bits per heavy atom. The van der Waals surface area contributed by atoms with E-state index in [-0.39, 0.29) is 0 Å². The summed E-state index contributed by atoms with van der Waals surface area (Å²) < 4.78 is 5.90. The molecule has 0 spiro atoms. The van der Waals surface area contributed by atoms with Gasteiger partial charge in [0, 0.05) is 31.7 Å². The van der Waals surface area contributed by atoms with Crippen LogP contribution in [-0.4, -0.2) is 43.2 Å². The molecule has 3 atom stereocenters. The monoisotopic (exact) mass is 290 g/mol. The van der Waals surface area contributed by atoms with Crippen LogP contribution in [0.2, 0.25) is 0 Å². The zero-order chi connectivity index (χ0) is 15.2. The molecule has 0 amide bonds. The van der Waals surface area contributed by atoms with Crippen molar-refractivity contribution in [3.05, 3.63) is 29.8 Å². The third kappa shape index (κ3) is 4.72. The van der Waals surface area contributed by atoms with Crippen LogP contribution in [0.4, 0.5) is 0 Å². The first kappa shape index (κ1) is 16.3. The van der Waals surface area contributed by atoms with Crippen LogP contribution < -0.4 is 10.1 Å². The van der Waals surface area contributed by atoms with Gasteiger partial charge in [0.05, 0.1) is 0 Å². The van der Waals surface area contributed by atoms with Gasteiger partial charge in [-0.2, -0.15) is 0 Å². The second kappa shape index (κ2) is 7.81. The number of nitrogens with one attached hydrogen (secondary N) is 1. The molecule has 0 aromatic heterocycles. The minimum atomic E-state index is 0.589. The van der Waals surface area contributed by atoms with Crippen molar-refractivity contribution < 1.29 is 4.74 Å². The minimum Gasteiger partial charge on any atom is -0.492 e. The lowest BCUT2D eigenvalue weighted by molar-refractivity contribution is 0.101. The first-order valence-electron chi connectivity index (χ1n) is 8.27. The quantitative estimate of drug-likeness (QED) is 0.871. The highest BCUT2D eigenvalue weighted by molar-refractivity contribution is 5.27. The number of ether oxygens (including phenoxy) is 1. The van der Waals surface area contributed by atoms with E-state index in [1.165, 1.54) is 12.0 Å². The summed E-state index contributed by atoms with van der Waals surface area (Å²) in [5.74, 6) is 1.72. The third-order valence-corrected chi connectivity index (χ3v) is 4.70. The Morgan fingerprint density at radius 3 is 2.95 bits per heavy atom. The highest BCUT2D eigenvalue weighted by Gasteiger charge is 2.27. The number of nitrogens with zero attached hydrogens (tertiary/aromatic N) is 1. The SMILES string of the molecule is CCC(C)C1CN(CCOc2cccc(C)c2)C(C)CN1. The summed E-state index contributed by atoms with van der Waals surface area (Å²) in [5, 5.41) is 3.68. The predicted molar refractivity (Wildman–Crippen MR) is 89.0 cm³/mol. The van der Waals surface area contributed by atoms with Gasteiger partial charge in [-0.05, 0) is 37.5 Å². The molecule has 0 saturated carbocycles. The van der Waals surface area contributed by atoms with E-state index in [2.05, 4.69) is 56.1 Å². The lowest BCUT2D eigenvalue weighted by atomic mass is 9.96. The lowest BCUT2D eigenvalue weighted by Gasteiger charge is -2.40. The van der Waals surface area contributed by atoms with Crippen LogP contribution >= 0.6 is 0 Å². The second-order valence-electron chi connectivity index (χ2n) is 6.41. The molecule has 0 aliphatic carbocycles. The van der Waals surface area contributed by atoms with Crippen molar-refractivity contribution in [2.24, 2.45) is 5.92 Å². The van der Waals surface area contributed by atoms with Crippen LogP contribution in [0.3, 0.4) is 0 Å². The van der Waals surface area contributed by atoms with Gasteiger partial charge in [-0.15, -0.1) is 0 Å². The molecule has 1 fully saturated rings. The largest absolute Gasteiger partial charge is 0.492 e. The zero-order valence-corrected chi connectivity index (χ0v) is 13.9. The van der Waals surface area contributed by atoms with E-state index < -0.39 is 0 Å². The molecular formula is C18H30N2O. The highest BCUT2D eigenvalue weighted by Crippen LogP contribution is 2.16. The van der Waals surface area contributed by atoms with Crippen molar-refractivity contribution in [1.82, 2.24) is 10.2 Å². The van der Waals surface area contributed by atoms with Crippen LogP contribution in [0, 0.1) is 12.8 Å². The fourth-order valence-corrected chi connectivity index (χ4v) is 2.91. The minimum absolute atomic E-state index is 0.589. The van der Waals surface area contributed by atoms with Crippen molar-refractivity contribution in [2.75, 3.05) is 26.2 Å². The van der Waals surface area contributed by atoms with E-state index in [1.807, 2.05) is 6.07 Å². The van der Waals surface area contributed by atoms with Gasteiger partial charge >= 0.3 is 0 Å². The van der Waals surface area contributed by atoms with Crippen molar-refractivity contribution in [2.45, 2.75) is 46.2 Å². The average Bonchev–Trinajstić information content (AvgIpc) is 2.48. The Bertz CT molecular complexity index is 435. The number of aryl methyl sites for hydroxylation is 1. The molecule has 1 heterocycles. The summed E-state index contributed by atoms with van der Waals surface area (Å²) in [7, 11) is 0.